The molecule has 1 aliphatic rings. The van der Waals surface area contributed by atoms with Gasteiger partial charge >= 0.3 is 0 Å². The second-order valence-electron chi connectivity index (χ2n) is 4.93. The molecule has 0 N–H and O–H groups in total. The Bertz CT molecular complexity index is 160. The van der Waals surface area contributed by atoms with E-state index in [1.54, 1.807) is 0 Å². The molecule has 0 aromatic rings. The smallest absolute Gasteiger partial charge is 0.0109 e. The van der Waals surface area contributed by atoms with Gasteiger partial charge in [-0.15, -0.1) is 12.4 Å². The molecule has 1 atom stereocenters. The zero-order valence-electron chi connectivity index (χ0n) is 11.2. The Balaban J connectivity index is 0.00000225. The Hall–Kier alpha value is 0.210. The molecule has 1 heterocycles. The van der Waals surface area contributed by atoms with E-state index < -0.39 is 0 Å². The molecule has 2 nitrogen and oxygen atoms in total. The van der Waals surface area contributed by atoms with E-state index in [9.17, 15) is 0 Å². The first-order chi connectivity index (χ1) is 7.26. The number of halogens is 1. The molecule has 1 fully saturated rings. The molecule has 0 radical (unpaired) electrons. The summed E-state index contributed by atoms with van der Waals surface area (Å²) in [6.45, 7) is 14.5. The Labute approximate surface area is 108 Å². The van der Waals surface area contributed by atoms with Gasteiger partial charge in [0.1, 0.15) is 0 Å². The third-order valence-electron chi connectivity index (χ3n) is 3.62. The van der Waals surface area contributed by atoms with Gasteiger partial charge in [0.15, 0.2) is 0 Å². The minimum absolute atomic E-state index is 0. The van der Waals surface area contributed by atoms with E-state index >= 15 is 0 Å². The molecular weight excluding hydrogens is 220 g/mol. The van der Waals surface area contributed by atoms with Crippen LogP contribution in [-0.2, 0) is 0 Å². The molecule has 1 saturated heterocycles. The van der Waals surface area contributed by atoms with E-state index in [4.69, 9.17) is 0 Å². The standard InChI is InChI=1S/C13H28N2.ClH/c1-4-14(5-2)10-11-15-9-7-6-8-13(3)12-15;/h13H,4-12H2,1-3H3;1H. The third-order valence-corrected chi connectivity index (χ3v) is 3.62. The van der Waals surface area contributed by atoms with Crippen molar-refractivity contribution in [2.75, 3.05) is 39.3 Å². The van der Waals surface area contributed by atoms with E-state index in [1.165, 1.54) is 58.5 Å². The highest BCUT2D eigenvalue weighted by atomic mass is 35.5. The average Bonchev–Trinajstić information content (AvgIpc) is 2.44. The zero-order valence-corrected chi connectivity index (χ0v) is 12.1. The topological polar surface area (TPSA) is 6.48 Å². The van der Waals surface area contributed by atoms with Gasteiger partial charge < -0.3 is 9.80 Å². The Morgan fingerprint density at radius 1 is 1.19 bits per heavy atom. The number of likely N-dealkylation sites (N-methyl/N-ethyl adjacent to an activating group) is 1. The van der Waals surface area contributed by atoms with Gasteiger partial charge in [-0.05, 0) is 38.4 Å². The zero-order chi connectivity index (χ0) is 11.1. The van der Waals surface area contributed by atoms with Crippen molar-refractivity contribution in [3.63, 3.8) is 0 Å². The lowest BCUT2D eigenvalue weighted by molar-refractivity contribution is 0.205. The van der Waals surface area contributed by atoms with Crippen LogP contribution in [0, 0.1) is 5.92 Å². The quantitative estimate of drug-likeness (QED) is 0.738. The molecule has 0 aromatic heterocycles. The monoisotopic (exact) mass is 248 g/mol. The van der Waals surface area contributed by atoms with Gasteiger partial charge in [0, 0.05) is 19.6 Å². The van der Waals surface area contributed by atoms with Gasteiger partial charge in [-0.3, -0.25) is 0 Å². The number of nitrogens with zero attached hydrogens (tertiary/aromatic N) is 2. The van der Waals surface area contributed by atoms with E-state index in [0.29, 0.717) is 0 Å². The molecule has 1 aliphatic heterocycles. The van der Waals surface area contributed by atoms with Crippen LogP contribution >= 0.6 is 12.4 Å². The van der Waals surface area contributed by atoms with Crippen molar-refractivity contribution in [3.8, 4) is 0 Å². The lowest BCUT2D eigenvalue weighted by atomic mass is 10.1. The first-order valence-electron chi connectivity index (χ1n) is 6.71. The Kier molecular flexibility index (Phi) is 9.38. The fourth-order valence-corrected chi connectivity index (χ4v) is 2.48. The summed E-state index contributed by atoms with van der Waals surface area (Å²) in [4.78, 5) is 5.19. The van der Waals surface area contributed by atoms with Crippen LogP contribution in [0.4, 0.5) is 0 Å². The molecule has 1 unspecified atom stereocenters. The summed E-state index contributed by atoms with van der Waals surface area (Å²) in [7, 11) is 0. The van der Waals surface area contributed by atoms with Crippen LogP contribution in [0.1, 0.15) is 40.0 Å². The number of hydrogen-bond acceptors (Lipinski definition) is 2. The fourth-order valence-electron chi connectivity index (χ4n) is 2.48. The van der Waals surface area contributed by atoms with Gasteiger partial charge in [0.05, 0.1) is 0 Å². The van der Waals surface area contributed by atoms with Crippen LogP contribution < -0.4 is 0 Å². The van der Waals surface area contributed by atoms with Crippen molar-refractivity contribution in [3.05, 3.63) is 0 Å². The van der Waals surface area contributed by atoms with E-state index in [0.717, 1.165) is 5.92 Å². The maximum atomic E-state index is 2.66. The molecule has 0 bridgehead atoms. The second kappa shape index (κ2) is 9.26. The molecule has 0 amide bonds. The maximum absolute atomic E-state index is 2.66. The van der Waals surface area contributed by atoms with Crippen LogP contribution in [0.5, 0.6) is 0 Å². The highest BCUT2D eigenvalue weighted by Crippen LogP contribution is 2.15. The first kappa shape index (κ1) is 16.2. The normalized spacial score (nSPS) is 22.9. The summed E-state index contributed by atoms with van der Waals surface area (Å²) in [5.41, 5.74) is 0. The van der Waals surface area contributed by atoms with Gasteiger partial charge in [-0.2, -0.15) is 0 Å². The van der Waals surface area contributed by atoms with E-state index in [2.05, 4.69) is 30.6 Å². The molecular formula is C13H29ClN2. The summed E-state index contributed by atoms with van der Waals surface area (Å²) >= 11 is 0. The maximum Gasteiger partial charge on any atom is 0.0109 e. The van der Waals surface area contributed by atoms with Crippen LogP contribution in [0.2, 0.25) is 0 Å². The first-order valence-corrected chi connectivity index (χ1v) is 6.71. The highest BCUT2D eigenvalue weighted by Gasteiger charge is 2.14. The molecule has 3 heteroatoms. The summed E-state index contributed by atoms with van der Waals surface area (Å²) in [6, 6.07) is 0. The van der Waals surface area contributed by atoms with Crippen molar-refractivity contribution in [2.45, 2.75) is 40.0 Å². The fraction of sp³-hybridized carbons (Fsp3) is 1.00. The predicted molar refractivity (Wildman–Crippen MR) is 74.5 cm³/mol. The molecule has 16 heavy (non-hydrogen) atoms. The number of rotatable bonds is 5. The van der Waals surface area contributed by atoms with Gasteiger partial charge in [-0.1, -0.05) is 27.2 Å². The SMILES string of the molecule is CCN(CC)CCN1CCCCC(C)C1.Cl. The number of hydrogen-bond donors (Lipinski definition) is 0. The Morgan fingerprint density at radius 3 is 2.50 bits per heavy atom. The molecule has 0 aromatic carbocycles. The van der Waals surface area contributed by atoms with Crippen LogP contribution in [0.15, 0.2) is 0 Å². The lowest BCUT2D eigenvalue weighted by Gasteiger charge is -2.26. The largest absolute Gasteiger partial charge is 0.303 e. The van der Waals surface area contributed by atoms with Crippen molar-refractivity contribution in [2.24, 2.45) is 5.92 Å². The van der Waals surface area contributed by atoms with Gasteiger partial charge in [-0.25, -0.2) is 0 Å². The van der Waals surface area contributed by atoms with Gasteiger partial charge in [0.2, 0.25) is 0 Å². The van der Waals surface area contributed by atoms with Crippen molar-refractivity contribution >= 4 is 12.4 Å². The molecule has 98 valence electrons. The second-order valence-corrected chi connectivity index (χ2v) is 4.93. The van der Waals surface area contributed by atoms with Crippen LogP contribution in [-0.4, -0.2) is 49.1 Å². The van der Waals surface area contributed by atoms with Crippen molar-refractivity contribution < 1.29 is 0 Å². The summed E-state index contributed by atoms with van der Waals surface area (Å²) in [5, 5.41) is 0. The number of likely N-dealkylation sites (tertiary alicyclic amines) is 1. The minimum atomic E-state index is 0. The van der Waals surface area contributed by atoms with E-state index in [1.807, 2.05) is 0 Å². The molecule has 0 spiro atoms. The predicted octanol–water partition coefficient (Wildman–Crippen LogP) is 2.87. The van der Waals surface area contributed by atoms with Gasteiger partial charge in [0.25, 0.3) is 0 Å². The summed E-state index contributed by atoms with van der Waals surface area (Å²) in [5.74, 6) is 0.907. The Morgan fingerprint density at radius 2 is 1.88 bits per heavy atom. The minimum Gasteiger partial charge on any atom is -0.303 e. The van der Waals surface area contributed by atoms with Crippen molar-refractivity contribution in [1.82, 2.24) is 9.80 Å². The summed E-state index contributed by atoms with van der Waals surface area (Å²) in [6.07, 6.45) is 4.27. The summed E-state index contributed by atoms with van der Waals surface area (Å²) < 4.78 is 0. The van der Waals surface area contributed by atoms with Crippen molar-refractivity contribution in [1.29, 1.82) is 0 Å². The molecule has 0 aliphatic carbocycles. The average molecular weight is 249 g/mol. The van der Waals surface area contributed by atoms with Crippen LogP contribution in [0.25, 0.3) is 0 Å². The van der Waals surface area contributed by atoms with Crippen LogP contribution in [0.3, 0.4) is 0 Å². The lowest BCUT2D eigenvalue weighted by Crippen LogP contribution is -2.36. The molecule has 0 saturated carbocycles. The highest BCUT2D eigenvalue weighted by molar-refractivity contribution is 5.85. The molecule has 1 rings (SSSR count). The third kappa shape index (κ3) is 6.07. The van der Waals surface area contributed by atoms with E-state index in [-0.39, 0.29) is 12.4 Å².